The van der Waals surface area contributed by atoms with E-state index in [9.17, 15) is 19.5 Å². The maximum atomic E-state index is 13.8. The molecule has 0 spiro atoms. The first kappa shape index (κ1) is 30.4. The minimum atomic E-state index is -1.22. The molecule has 0 aliphatic heterocycles. The zero-order valence-corrected chi connectivity index (χ0v) is 25.0. The third-order valence-electron chi connectivity index (χ3n) is 7.45. The van der Waals surface area contributed by atoms with Crippen LogP contribution in [0, 0.1) is 0 Å². The van der Waals surface area contributed by atoms with E-state index in [-0.39, 0.29) is 25.5 Å². The van der Waals surface area contributed by atoms with E-state index in [2.05, 4.69) is 17.4 Å². The molecule has 8 heteroatoms. The lowest BCUT2D eigenvalue weighted by atomic mass is 9.98. The van der Waals surface area contributed by atoms with Gasteiger partial charge in [0.25, 0.3) is 0 Å². The lowest BCUT2D eigenvalue weighted by Crippen LogP contribution is -2.47. The summed E-state index contributed by atoms with van der Waals surface area (Å²) in [5.74, 6) is -1.31. The van der Waals surface area contributed by atoms with Gasteiger partial charge in [-0.15, -0.1) is 0 Å². The SMILES string of the molecule is CC(C)(C)OC(=O)NCc1ccc(C[C@@H](C(=O)O)N(C(=O)OCC2c3ccccc3-c3ccccc32)c2ccccc2)cc1. The number of ether oxygens (including phenoxy) is 2. The third-order valence-corrected chi connectivity index (χ3v) is 7.45. The number of alkyl carbamates (subject to hydrolysis) is 1. The van der Waals surface area contributed by atoms with Gasteiger partial charge in [-0.2, -0.15) is 0 Å². The van der Waals surface area contributed by atoms with Crippen molar-refractivity contribution in [3.8, 4) is 11.1 Å². The van der Waals surface area contributed by atoms with Gasteiger partial charge in [0.2, 0.25) is 0 Å². The average Bonchev–Trinajstić information content (AvgIpc) is 3.32. The molecular formula is C36H36N2O6. The van der Waals surface area contributed by atoms with Crippen LogP contribution >= 0.6 is 0 Å². The average molecular weight is 593 g/mol. The molecule has 0 bridgehead atoms. The Morgan fingerprint density at radius 3 is 1.91 bits per heavy atom. The Morgan fingerprint density at radius 1 is 0.795 bits per heavy atom. The number of nitrogens with zero attached hydrogens (tertiary/aromatic N) is 1. The largest absolute Gasteiger partial charge is 0.480 e. The number of hydrogen-bond acceptors (Lipinski definition) is 5. The molecule has 0 aromatic heterocycles. The lowest BCUT2D eigenvalue weighted by molar-refractivity contribution is -0.138. The van der Waals surface area contributed by atoms with Gasteiger partial charge < -0.3 is 19.9 Å². The molecular weight excluding hydrogens is 556 g/mol. The summed E-state index contributed by atoms with van der Waals surface area (Å²) in [5, 5.41) is 13.1. The summed E-state index contributed by atoms with van der Waals surface area (Å²) in [5.41, 5.74) is 5.73. The van der Waals surface area contributed by atoms with E-state index in [1.165, 1.54) is 4.90 Å². The van der Waals surface area contributed by atoms with E-state index in [0.29, 0.717) is 11.3 Å². The van der Waals surface area contributed by atoms with Crippen LogP contribution in [0.1, 0.15) is 48.9 Å². The molecule has 5 rings (SSSR count). The number of nitrogens with one attached hydrogen (secondary N) is 1. The number of benzene rings is 4. The number of para-hydroxylation sites is 1. The van der Waals surface area contributed by atoms with Crippen molar-refractivity contribution in [3.63, 3.8) is 0 Å². The summed E-state index contributed by atoms with van der Waals surface area (Å²) in [6.45, 7) is 5.71. The molecule has 1 aliphatic rings. The van der Waals surface area contributed by atoms with Crippen LogP contribution in [0.2, 0.25) is 0 Å². The molecule has 8 nitrogen and oxygen atoms in total. The lowest BCUT2D eigenvalue weighted by Gasteiger charge is -2.29. The van der Waals surface area contributed by atoms with Crippen molar-refractivity contribution in [3.05, 3.63) is 125 Å². The molecule has 0 unspecified atom stereocenters. The number of rotatable bonds is 9. The van der Waals surface area contributed by atoms with Crippen LogP contribution in [0.5, 0.6) is 0 Å². The predicted molar refractivity (Wildman–Crippen MR) is 169 cm³/mol. The molecule has 4 aromatic carbocycles. The number of carboxylic acid groups (broad SMARTS) is 1. The zero-order chi connectivity index (χ0) is 31.3. The summed E-state index contributed by atoms with van der Waals surface area (Å²) < 4.78 is 11.2. The zero-order valence-electron chi connectivity index (χ0n) is 25.0. The van der Waals surface area contributed by atoms with E-state index in [1.807, 2.05) is 48.5 Å². The van der Waals surface area contributed by atoms with Crippen molar-refractivity contribution in [2.24, 2.45) is 0 Å². The molecule has 2 amide bonds. The van der Waals surface area contributed by atoms with Crippen LogP contribution in [0.25, 0.3) is 11.1 Å². The fraction of sp³-hybridized carbons (Fsp3) is 0.250. The fourth-order valence-corrected chi connectivity index (χ4v) is 5.46. The van der Waals surface area contributed by atoms with E-state index >= 15 is 0 Å². The third kappa shape index (κ3) is 7.09. The topological polar surface area (TPSA) is 105 Å². The Morgan fingerprint density at radius 2 is 1.34 bits per heavy atom. The van der Waals surface area contributed by atoms with Crippen LogP contribution in [-0.2, 0) is 27.2 Å². The second-order valence-electron chi connectivity index (χ2n) is 11.7. The van der Waals surface area contributed by atoms with Crippen molar-refractivity contribution in [2.75, 3.05) is 11.5 Å². The molecule has 226 valence electrons. The maximum Gasteiger partial charge on any atom is 0.415 e. The first-order valence-electron chi connectivity index (χ1n) is 14.6. The fourth-order valence-electron chi connectivity index (χ4n) is 5.46. The van der Waals surface area contributed by atoms with Crippen LogP contribution in [0.15, 0.2) is 103 Å². The normalized spacial score (nSPS) is 12.9. The summed E-state index contributed by atoms with van der Waals surface area (Å²) in [7, 11) is 0. The quantitative estimate of drug-likeness (QED) is 0.214. The molecule has 0 fully saturated rings. The Balaban J connectivity index is 1.32. The van der Waals surface area contributed by atoms with Gasteiger partial charge in [0.15, 0.2) is 0 Å². The van der Waals surface area contributed by atoms with Gasteiger partial charge in [0.05, 0.1) is 0 Å². The molecule has 0 saturated heterocycles. The molecule has 44 heavy (non-hydrogen) atoms. The van der Waals surface area contributed by atoms with Gasteiger partial charge >= 0.3 is 18.2 Å². The monoisotopic (exact) mass is 592 g/mol. The van der Waals surface area contributed by atoms with Crippen molar-refractivity contribution < 1.29 is 29.0 Å². The van der Waals surface area contributed by atoms with Gasteiger partial charge in [0.1, 0.15) is 18.2 Å². The van der Waals surface area contributed by atoms with Gasteiger partial charge in [-0.1, -0.05) is 91.0 Å². The predicted octanol–water partition coefficient (Wildman–Crippen LogP) is 7.16. The highest BCUT2D eigenvalue weighted by molar-refractivity contribution is 5.95. The number of amides is 2. The molecule has 4 aromatic rings. The number of carbonyl (C=O) groups is 3. The smallest absolute Gasteiger partial charge is 0.415 e. The maximum absolute atomic E-state index is 13.8. The number of carbonyl (C=O) groups excluding carboxylic acids is 2. The minimum Gasteiger partial charge on any atom is -0.480 e. The highest BCUT2D eigenvalue weighted by Crippen LogP contribution is 2.44. The molecule has 0 saturated carbocycles. The standard InChI is InChI=1S/C36H36N2O6/c1-36(2,3)44-34(41)37-22-25-19-17-24(18-20-25)21-32(33(39)40)38(26-11-5-4-6-12-26)35(42)43-23-31-29-15-9-7-13-27(29)28-14-8-10-16-30(28)31/h4-20,31-32H,21-23H2,1-3H3,(H,37,41)(H,39,40)/t32-/m0/s1. The Bertz CT molecular complexity index is 1580. The molecule has 0 radical (unpaired) electrons. The molecule has 0 heterocycles. The van der Waals surface area contributed by atoms with E-state index in [4.69, 9.17) is 9.47 Å². The number of aliphatic carboxylic acids is 1. The van der Waals surface area contributed by atoms with Gasteiger partial charge in [-0.05, 0) is 66.3 Å². The van der Waals surface area contributed by atoms with Crippen LogP contribution < -0.4 is 10.2 Å². The second-order valence-corrected chi connectivity index (χ2v) is 11.7. The van der Waals surface area contributed by atoms with E-state index in [1.54, 1.807) is 63.2 Å². The van der Waals surface area contributed by atoms with Gasteiger partial charge in [0, 0.05) is 24.6 Å². The van der Waals surface area contributed by atoms with Crippen molar-refractivity contribution >= 4 is 23.8 Å². The van der Waals surface area contributed by atoms with Crippen LogP contribution in [0.3, 0.4) is 0 Å². The van der Waals surface area contributed by atoms with Crippen molar-refractivity contribution in [1.82, 2.24) is 5.32 Å². The molecule has 2 N–H and O–H groups in total. The summed E-state index contributed by atoms with van der Waals surface area (Å²) in [6, 6.07) is 30.8. The highest BCUT2D eigenvalue weighted by Gasteiger charge is 2.35. The van der Waals surface area contributed by atoms with Gasteiger partial charge in [-0.25, -0.2) is 14.4 Å². The summed E-state index contributed by atoms with van der Waals surface area (Å²) >= 11 is 0. The first-order valence-corrected chi connectivity index (χ1v) is 14.6. The minimum absolute atomic E-state index is 0.0498. The number of anilines is 1. The van der Waals surface area contributed by atoms with E-state index < -0.39 is 29.8 Å². The summed E-state index contributed by atoms with van der Waals surface area (Å²) in [4.78, 5) is 39.6. The number of fused-ring (bicyclic) bond motifs is 3. The molecule has 1 aliphatic carbocycles. The molecule has 1 atom stereocenters. The first-order chi connectivity index (χ1) is 21.1. The Hall–Kier alpha value is -5.11. The highest BCUT2D eigenvalue weighted by atomic mass is 16.6. The van der Waals surface area contributed by atoms with Crippen molar-refractivity contribution in [1.29, 1.82) is 0 Å². The number of hydrogen-bond donors (Lipinski definition) is 2. The van der Waals surface area contributed by atoms with Crippen LogP contribution in [-0.4, -0.2) is 41.5 Å². The van der Waals surface area contributed by atoms with Crippen molar-refractivity contribution in [2.45, 2.75) is 51.3 Å². The Kier molecular flexibility index (Phi) is 8.99. The second kappa shape index (κ2) is 13.0. The number of carboxylic acids is 1. The van der Waals surface area contributed by atoms with Crippen LogP contribution in [0.4, 0.5) is 15.3 Å². The van der Waals surface area contributed by atoms with E-state index in [0.717, 1.165) is 27.8 Å². The summed E-state index contributed by atoms with van der Waals surface area (Å²) in [6.07, 6.45) is -1.20. The van der Waals surface area contributed by atoms with Gasteiger partial charge in [-0.3, -0.25) is 4.90 Å². The Labute approximate surface area is 257 Å².